The van der Waals surface area contributed by atoms with Crippen molar-refractivity contribution in [2.24, 2.45) is 0 Å². The van der Waals surface area contributed by atoms with Crippen LogP contribution in [-0.2, 0) is 12.0 Å². The highest BCUT2D eigenvalue weighted by atomic mass is 16.5. The third-order valence-electron chi connectivity index (χ3n) is 5.50. The van der Waals surface area contributed by atoms with Crippen LogP contribution in [0.4, 0.5) is 0 Å². The predicted molar refractivity (Wildman–Crippen MR) is 84.5 cm³/mol. The minimum atomic E-state index is -0.415. The van der Waals surface area contributed by atoms with Gasteiger partial charge in [-0.05, 0) is 44.1 Å². The number of aliphatic hydroxyl groups is 1. The van der Waals surface area contributed by atoms with Crippen molar-refractivity contribution in [2.45, 2.75) is 43.9 Å². The molecule has 0 saturated heterocycles. The van der Waals surface area contributed by atoms with Crippen LogP contribution in [0.25, 0.3) is 0 Å². The molecule has 2 heterocycles. The van der Waals surface area contributed by atoms with Gasteiger partial charge in [0, 0.05) is 18.5 Å². The zero-order valence-electron chi connectivity index (χ0n) is 13.4. The van der Waals surface area contributed by atoms with Gasteiger partial charge in [0.1, 0.15) is 6.10 Å². The van der Waals surface area contributed by atoms with Crippen LogP contribution in [-0.4, -0.2) is 42.9 Å². The Bertz CT molecular complexity index is 654. The number of hydrogen-bond acceptors (Lipinski definition) is 4. The summed E-state index contributed by atoms with van der Waals surface area (Å²) in [6.45, 7) is 4.11. The van der Waals surface area contributed by atoms with Gasteiger partial charge < -0.3 is 19.5 Å². The smallest absolute Gasteiger partial charge is 0.166 e. The fourth-order valence-electron chi connectivity index (χ4n) is 4.30. The molecule has 4 rings (SSSR count). The normalized spacial score (nSPS) is 32.9. The first kappa shape index (κ1) is 14.1. The summed E-state index contributed by atoms with van der Waals surface area (Å²) in [5, 5.41) is 10.0. The molecule has 1 aliphatic carbocycles. The highest BCUT2D eigenvalue weighted by Crippen LogP contribution is 2.56. The van der Waals surface area contributed by atoms with Gasteiger partial charge in [0.15, 0.2) is 11.5 Å². The van der Waals surface area contributed by atoms with Crippen LogP contribution in [0.2, 0.25) is 0 Å². The van der Waals surface area contributed by atoms with E-state index in [1.807, 2.05) is 6.08 Å². The second-order valence-corrected chi connectivity index (χ2v) is 6.88. The van der Waals surface area contributed by atoms with Crippen molar-refractivity contribution in [3.8, 4) is 11.5 Å². The molecule has 3 aliphatic rings. The van der Waals surface area contributed by atoms with Crippen molar-refractivity contribution in [3.05, 3.63) is 34.9 Å². The molecule has 118 valence electrons. The molecule has 4 heteroatoms. The SMILES string of the molecule is COc1cc(C)c2c3c1OC1CC(O)C=CC31CCN(C)C2. The molecule has 0 fully saturated rings. The zero-order valence-corrected chi connectivity index (χ0v) is 13.4. The molecular weight excluding hydrogens is 278 g/mol. The van der Waals surface area contributed by atoms with E-state index in [2.05, 4.69) is 31.0 Å². The molecule has 3 atom stereocenters. The van der Waals surface area contributed by atoms with E-state index in [-0.39, 0.29) is 11.5 Å². The van der Waals surface area contributed by atoms with E-state index in [0.717, 1.165) is 31.0 Å². The monoisotopic (exact) mass is 301 g/mol. The maximum Gasteiger partial charge on any atom is 0.166 e. The summed E-state index contributed by atoms with van der Waals surface area (Å²) in [6, 6.07) is 2.08. The Morgan fingerprint density at radius 2 is 2.27 bits per heavy atom. The summed E-state index contributed by atoms with van der Waals surface area (Å²) < 4.78 is 11.9. The zero-order chi connectivity index (χ0) is 15.5. The number of benzene rings is 1. The Kier molecular flexibility index (Phi) is 3.03. The molecule has 0 saturated carbocycles. The predicted octanol–water partition coefficient (Wildman–Crippen LogP) is 2.16. The number of methoxy groups -OCH3 is 1. The number of rotatable bonds is 1. The lowest BCUT2D eigenvalue weighted by Gasteiger charge is -2.35. The molecule has 1 spiro atoms. The number of ether oxygens (including phenoxy) is 2. The van der Waals surface area contributed by atoms with Crippen LogP contribution in [0.1, 0.15) is 29.5 Å². The molecule has 1 aromatic rings. The van der Waals surface area contributed by atoms with Crippen molar-refractivity contribution < 1.29 is 14.6 Å². The van der Waals surface area contributed by atoms with Gasteiger partial charge >= 0.3 is 0 Å². The third kappa shape index (κ3) is 1.77. The summed E-state index contributed by atoms with van der Waals surface area (Å²) >= 11 is 0. The Labute approximate surface area is 131 Å². The second kappa shape index (κ2) is 4.74. The maximum absolute atomic E-state index is 10.0. The molecule has 4 nitrogen and oxygen atoms in total. The lowest BCUT2D eigenvalue weighted by Crippen LogP contribution is -2.42. The van der Waals surface area contributed by atoms with Crippen molar-refractivity contribution in [2.75, 3.05) is 20.7 Å². The van der Waals surface area contributed by atoms with Crippen LogP contribution in [0.5, 0.6) is 11.5 Å². The molecule has 0 bridgehead atoms. The molecule has 3 unspecified atom stereocenters. The minimum Gasteiger partial charge on any atom is -0.493 e. The quantitative estimate of drug-likeness (QED) is 0.807. The number of hydrogen-bond donors (Lipinski definition) is 1. The third-order valence-corrected chi connectivity index (χ3v) is 5.50. The van der Waals surface area contributed by atoms with Gasteiger partial charge in [0.2, 0.25) is 0 Å². The summed E-state index contributed by atoms with van der Waals surface area (Å²) in [5.74, 6) is 1.71. The van der Waals surface area contributed by atoms with Crippen molar-refractivity contribution in [1.82, 2.24) is 4.90 Å². The van der Waals surface area contributed by atoms with Crippen LogP contribution in [0.3, 0.4) is 0 Å². The summed E-state index contributed by atoms with van der Waals surface area (Å²) in [7, 11) is 3.87. The molecule has 0 radical (unpaired) electrons. The number of nitrogens with zero attached hydrogens (tertiary/aromatic N) is 1. The van der Waals surface area contributed by atoms with E-state index in [0.29, 0.717) is 6.42 Å². The van der Waals surface area contributed by atoms with Gasteiger partial charge in [-0.2, -0.15) is 0 Å². The first-order valence-electron chi connectivity index (χ1n) is 7.99. The highest BCUT2D eigenvalue weighted by Gasteiger charge is 2.52. The molecule has 1 N–H and O–H groups in total. The van der Waals surface area contributed by atoms with Crippen LogP contribution < -0.4 is 9.47 Å². The summed E-state index contributed by atoms with van der Waals surface area (Å²) in [4.78, 5) is 2.37. The molecule has 0 aromatic heterocycles. The molecular formula is C18H23NO3. The van der Waals surface area contributed by atoms with E-state index >= 15 is 0 Å². The average molecular weight is 301 g/mol. The van der Waals surface area contributed by atoms with Gasteiger partial charge in [-0.15, -0.1) is 0 Å². The molecule has 2 aliphatic heterocycles. The topological polar surface area (TPSA) is 41.9 Å². The molecule has 0 amide bonds. The minimum absolute atomic E-state index is 0.00319. The molecule has 22 heavy (non-hydrogen) atoms. The lowest BCUT2D eigenvalue weighted by atomic mass is 9.68. The molecule has 1 aromatic carbocycles. The summed E-state index contributed by atoms with van der Waals surface area (Å²) in [5.41, 5.74) is 3.79. The Morgan fingerprint density at radius 3 is 3.05 bits per heavy atom. The van der Waals surface area contributed by atoms with E-state index in [1.54, 1.807) is 7.11 Å². The Morgan fingerprint density at radius 1 is 1.45 bits per heavy atom. The van der Waals surface area contributed by atoms with Gasteiger partial charge in [0.05, 0.1) is 18.6 Å². The van der Waals surface area contributed by atoms with E-state index < -0.39 is 6.10 Å². The Hall–Kier alpha value is -1.52. The lowest BCUT2D eigenvalue weighted by molar-refractivity contribution is 0.0821. The Balaban J connectivity index is 2.00. The van der Waals surface area contributed by atoms with Crippen molar-refractivity contribution in [3.63, 3.8) is 0 Å². The summed E-state index contributed by atoms with van der Waals surface area (Å²) in [6.07, 6.45) is 5.39. The van der Waals surface area contributed by atoms with Crippen LogP contribution >= 0.6 is 0 Å². The standard InChI is InChI=1S/C18H23NO3/c1-11-8-14(21-3)17-16-13(11)10-19(2)7-6-18(16)5-4-12(20)9-15(18)22-17/h4-5,8,12,15,20H,6-7,9-10H2,1-3H3. The fraction of sp³-hybridized carbons (Fsp3) is 0.556. The maximum atomic E-state index is 10.0. The van der Waals surface area contributed by atoms with Gasteiger partial charge in [-0.1, -0.05) is 12.2 Å². The van der Waals surface area contributed by atoms with Crippen LogP contribution in [0.15, 0.2) is 18.2 Å². The van der Waals surface area contributed by atoms with E-state index in [4.69, 9.17) is 9.47 Å². The van der Waals surface area contributed by atoms with Crippen molar-refractivity contribution in [1.29, 1.82) is 0 Å². The average Bonchev–Trinajstić information content (AvgIpc) is 2.74. The second-order valence-electron chi connectivity index (χ2n) is 6.88. The fourth-order valence-corrected chi connectivity index (χ4v) is 4.30. The van der Waals surface area contributed by atoms with Crippen molar-refractivity contribution >= 4 is 0 Å². The number of aryl methyl sites for hydroxylation is 1. The largest absolute Gasteiger partial charge is 0.493 e. The first-order valence-corrected chi connectivity index (χ1v) is 7.99. The van der Waals surface area contributed by atoms with Gasteiger partial charge in [-0.3, -0.25) is 0 Å². The first-order chi connectivity index (χ1) is 10.5. The highest BCUT2D eigenvalue weighted by molar-refractivity contribution is 5.63. The van der Waals surface area contributed by atoms with Gasteiger partial charge in [0.25, 0.3) is 0 Å². The van der Waals surface area contributed by atoms with Crippen LogP contribution in [0, 0.1) is 6.92 Å². The number of aliphatic hydroxyl groups excluding tert-OH is 1. The van der Waals surface area contributed by atoms with E-state index in [1.165, 1.54) is 16.7 Å². The van der Waals surface area contributed by atoms with E-state index in [9.17, 15) is 5.11 Å². The van der Waals surface area contributed by atoms with Gasteiger partial charge in [-0.25, -0.2) is 0 Å².